The van der Waals surface area contributed by atoms with E-state index in [1.54, 1.807) is 0 Å². The Bertz CT molecular complexity index is 341. The van der Waals surface area contributed by atoms with Crippen molar-refractivity contribution < 1.29 is 13.9 Å². The molecule has 4 nitrogen and oxygen atoms in total. The van der Waals surface area contributed by atoms with Gasteiger partial charge in [-0.05, 0) is 18.1 Å². The smallest absolute Gasteiger partial charge is 0.218 e. The van der Waals surface area contributed by atoms with Crippen molar-refractivity contribution in [3.05, 3.63) is 17.8 Å². The lowest BCUT2D eigenvalue weighted by Crippen LogP contribution is -2.40. The molecule has 0 fully saturated rings. The highest BCUT2D eigenvalue weighted by atomic mass is 28.4. The fourth-order valence-electron chi connectivity index (χ4n) is 0.946. The van der Waals surface area contributed by atoms with Crippen LogP contribution in [0.5, 0.6) is 0 Å². The molecule has 0 aliphatic rings. The molecule has 0 aromatic carbocycles. The van der Waals surface area contributed by atoms with Gasteiger partial charge in [0, 0.05) is 0 Å². The zero-order valence-electron chi connectivity index (χ0n) is 10.7. The van der Waals surface area contributed by atoms with Crippen molar-refractivity contribution in [2.24, 2.45) is 0 Å². The van der Waals surface area contributed by atoms with Crippen LogP contribution in [0, 0.1) is 0 Å². The molecule has 5 heteroatoms. The molecule has 16 heavy (non-hydrogen) atoms. The Morgan fingerprint density at radius 3 is 2.50 bits per heavy atom. The normalized spacial score (nSPS) is 13.1. The van der Waals surface area contributed by atoms with Gasteiger partial charge in [-0.1, -0.05) is 20.8 Å². The van der Waals surface area contributed by atoms with E-state index in [0.29, 0.717) is 18.2 Å². The van der Waals surface area contributed by atoms with E-state index in [-0.39, 0.29) is 11.6 Å². The van der Waals surface area contributed by atoms with Crippen molar-refractivity contribution in [2.75, 3.05) is 0 Å². The first kappa shape index (κ1) is 13.4. The molecule has 1 N–H and O–H groups in total. The van der Waals surface area contributed by atoms with Crippen LogP contribution < -0.4 is 0 Å². The number of rotatable bonds is 4. The van der Waals surface area contributed by atoms with Crippen LogP contribution in [0.3, 0.4) is 0 Å². The number of aliphatic hydroxyl groups excluding tert-OH is 1. The van der Waals surface area contributed by atoms with Crippen LogP contribution in [-0.2, 0) is 17.6 Å². The van der Waals surface area contributed by atoms with Gasteiger partial charge >= 0.3 is 0 Å². The number of hydrogen-bond donors (Lipinski definition) is 1. The zero-order chi connectivity index (χ0) is 12.4. The summed E-state index contributed by atoms with van der Waals surface area (Å²) in [6.45, 7) is 11.2. The van der Waals surface area contributed by atoms with Gasteiger partial charge in [0.05, 0.1) is 6.61 Å². The molecule has 0 saturated heterocycles. The third-order valence-corrected chi connectivity index (χ3v) is 7.60. The van der Waals surface area contributed by atoms with E-state index in [4.69, 9.17) is 13.9 Å². The van der Waals surface area contributed by atoms with E-state index >= 15 is 0 Å². The Kier molecular flexibility index (Phi) is 3.93. The molecule has 0 aliphatic heterocycles. The number of hydrogen-bond acceptors (Lipinski definition) is 4. The first-order valence-corrected chi connectivity index (χ1v) is 8.35. The molecule has 92 valence electrons. The summed E-state index contributed by atoms with van der Waals surface area (Å²) in [6, 6.07) is 0. The number of aliphatic hydroxyl groups is 1. The molecule has 0 saturated carbocycles. The molecule has 1 aromatic heterocycles. The van der Waals surface area contributed by atoms with E-state index in [2.05, 4.69) is 38.8 Å². The van der Waals surface area contributed by atoms with Crippen LogP contribution in [0.4, 0.5) is 0 Å². The van der Waals surface area contributed by atoms with Gasteiger partial charge in [0.1, 0.15) is 18.6 Å². The topological polar surface area (TPSA) is 55.5 Å². The van der Waals surface area contributed by atoms with E-state index in [0.717, 1.165) is 0 Å². The number of aromatic nitrogens is 1. The molecule has 0 spiro atoms. The van der Waals surface area contributed by atoms with Gasteiger partial charge < -0.3 is 13.9 Å². The second-order valence-corrected chi connectivity index (χ2v) is 10.2. The van der Waals surface area contributed by atoms with E-state index in [9.17, 15) is 0 Å². The largest absolute Gasteiger partial charge is 0.446 e. The molecule has 0 unspecified atom stereocenters. The Hall–Kier alpha value is -0.653. The second kappa shape index (κ2) is 4.69. The van der Waals surface area contributed by atoms with Crippen molar-refractivity contribution in [2.45, 2.75) is 52.1 Å². The lowest BCUT2D eigenvalue weighted by Gasteiger charge is -2.35. The fraction of sp³-hybridized carbons (Fsp3) is 0.727. The first-order valence-electron chi connectivity index (χ1n) is 5.44. The minimum atomic E-state index is -1.75. The van der Waals surface area contributed by atoms with Gasteiger partial charge in [-0.15, -0.1) is 0 Å². The monoisotopic (exact) mass is 243 g/mol. The van der Waals surface area contributed by atoms with Gasteiger partial charge in [0.25, 0.3) is 0 Å². The molecule has 1 rings (SSSR count). The summed E-state index contributed by atoms with van der Waals surface area (Å²) < 4.78 is 11.1. The highest BCUT2D eigenvalue weighted by molar-refractivity contribution is 6.74. The predicted molar refractivity (Wildman–Crippen MR) is 64.4 cm³/mol. The summed E-state index contributed by atoms with van der Waals surface area (Å²) in [5.74, 6) is 0.536. The maximum Gasteiger partial charge on any atom is 0.218 e. The average Bonchev–Trinajstić information content (AvgIpc) is 2.60. The van der Waals surface area contributed by atoms with Crippen LogP contribution in [0.2, 0.25) is 18.1 Å². The zero-order valence-corrected chi connectivity index (χ0v) is 11.7. The van der Waals surface area contributed by atoms with E-state index in [1.165, 1.54) is 6.26 Å². The Labute approximate surface area is 97.8 Å². The first-order chi connectivity index (χ1) is 7.26. The van der Waals surface area contributed by atoms with Crippen molar-refractivity contribution in [3.63, 3.8) is 0 Å². The predicted octanol–water partition coefficient (Wildman–Crippen LogP) is 2.69. The minimum absolute atomic E-state index is 0.0937. The molecule has 0 atom stereocenters. The SMILES string of the molecule is CC(C)(C)[Si](C)(C)OCc1nc(CO)co1. The average molecular weight is 243 g/mol. The van der Waals surface area contributed by atoms with Gasteiger partial charge in [-0.2, -0.15) is 0 Å². The second-order valence-electron chi connectivity index (χ2n) is 5.44. The molecule has 0 radical (unpaired) electrons. The van der Waals surface area contributed by atoms with Crippen molar-refractivity contribution >= 4 is 8.32 Å². The molecule has 0 amide bonds. The lowest BCUT2D eigenvalue weighted by atomic mass is 10.2. The molecule has 1 heterocycles. The van der Waals surface area contributed by atoms with Crippen LogP contribution in [0.25, 0.3) is 0 Å². The highest BCUT2D eigenvalue weighted by Gasteiger charge is 2.37. The molecule has 0 aliphatic carbocycles. The van der Waals surface area contributed by atoms with Gasteiger partial charge in [0.2, 0.25) is 5.89 Å². The summed E-state index contributed by atoms with van der Waals surface area (Å²) in [4.78, 5) is 4.09. The van der Waals surface area contributed by atoms with Crippen molar-refractivity contribution in [1.82, 2.24) is 4.98 Å². The molecule has 0 bridgehead atoms. The van der Waals surface area contributed by atoms with Crippen LogP contribution in [0.15, 0.2) is 10.7 Å². The Balaban J connectivity index is 2.57. The van der Waals surface area contributed by atoms with Gasteiger partial charge in [0.15, 0.2) is 8.32 Å². The Morgan fingerprint density at radius 1 is 1.44 bits per heavy atom. The van der Waals surface area contributed by atoms with Gasteiger partial charge in [-0.3, -0.25) is 0 Å². The number of nitrogens with zero attached hydrogens (tertiary/aromatic N) is 1. The maximum absolute atomic E-state index is 8.85. The highest BCUT2D eigenvalue weighted by Crippen LogP contribution is 2.36. The standard InChI is InChI=1S/C11H21NO3Si/c1-11(2,3)16(4,5)15-8-10-12-9(6-13)7-14-10/h7,13H,6,8H2,1-5H3. The Morgan fingerprint density at radius 2 is 2.06 bits per heavy atom. The van der Waals surface area contributed by atoms with E-state index in [1.807, 2.05) is 0 Å². The van der Waals surface area contributed by atoms with Gasteiger partial charge in [-0.25, -0.2) is 4.98 Å². The quantitative estimate of drug-likeness (QED) is 0.826. The fourth-order valence-corrected chi connectivity index (χ4v) is 1.86. The molecular formula is C11H21NO3Si. The number of oxazole rings is 1. The van der Waals surface area contributed by atoms with Crippen molar-refractivity contribution in [3.8, 4) is 0 Å². The van der Waals surface area contributed by atoms with E-state index < -0.39 is 8.32 Å². The summed E-state index contributed by atoms with van der Waals surface area (Å²) in [6.07, 6.45) is 1.46. The summed E-state index contributed by atoms with van der Waals surface area (Å²) in [7, 11) is -1.75. The van der Waals surface area contributed by atoms with Crippen molar-refractivity contribution in [1.29, 1.82) is 0 Å². The third kappa shape index (κ3) is 3.17. The molecule has 1 aromatic rings. The summed E-state index contributed by atoms with van der Waals surface area (Å²) >= 11 is 0. The van der Waals surface area contributed by atoms with Crippen LogP contribution in [0.1, 0.15) is 32.4 Å². The molecular weight excluding hydrogens is 222 g/mol. The minimum Gasteiger partial charge on any atom is -0.446 e. The maximum atomic E-state index is 8.85. The summed E-state index contributed by atoms with van der Waals surface area (Å²) in [5, 5.41) is 9.03. The lowest BCUT2D eigenvalue weighted by molar-refractivity contribution is 0.239. The third-order valence-electron chi connectivity index (χ3n) is 3.12. The van der Waals surface area contributed by atoms with Crippen LogP contribution in [-0.4, -0.2) is 18.4 Å². The summed E-state index contributed by atoms with van der Waals surface area (Å²) in [5.41, 5.74) is 0.550. The van der Waals surface area contributed by atoms with Crippen LogP contribution >= 0.6 is 0 Å².